The smallest absolute Gasteiger partial charge is 0.316 e. The van der Waals surface area contributed by atoms with E-state index in [4.69, 9.17) is 5.11 Å². The molecule has 18 heavy (non-hydrogen) atoms. The first kappa shape index (κ1) is 15.3. The highest BCUT2D eigenvalue weighted by molar-refractivity contribution is 8.01. The lowest BCUT2D eigenvalue weighted by Gasteiger charge is -2.27. The van der Waals surface area contributed by atoms with Gasteiger partial charge in [-0.2, -0.15) is 0 Å². The highest BCUT2D eigenvalue weighted by atomic mass is 32.2. The molecule has 0 bridgehead atoms. The van der Waals surface area contributed by atoms with Crippen molar-refractivity contribution in [3.05, 3.63) is 0 Å². The maximum absolute atomic E-state index is 11.7. The maximum Gasteiger partial charge on any atom is 0.316 e. The van der Waals surface area contributed by atoms with E-state index >= 15 is 0 Å². The second kappa shape index (κ2) is 7.67. The van der Waals surface area contributed by atoms with Crippen LogP contribution in [0.15, 0.2) is 0 Å². The van der Waals surface area contributed by atoms with E-state index < -0.39 is 11.2 Å². The van der Waals surface area contributed by atoms with Crippen LogP contribution in [0.1, 0.15) is 46.0 Å². The van der Waals surface area contributed by atoms with E-state index in [0.29, 0.717) is 12.5 Å². The Balaban J connectivity index is 2.23. The molecule has 0 heterocycles. The molecule has 4 nitrogen and oxygen atoms in total. The molecule has 0 radical (unpaired) electrons. The molecule has 2 N–H and O–H groups in total. The molecule has 104 valence electrons. The van der Waals surface area contributed by atoms with E-state index in [2.05, 4.69) is 12.2 Å². The highest BCUT2D eigenvalue weighted by Gasteiger charge is 2.21. The van der Waals surface area contributed by atoms with Crippen LogP contribution >= 0.6 is 11.8 Å². The molecule has 1 atom stereocenters. The molecule has 1 aliphatic rings. The van der Waals surface area contributed by atoms with E-state index in [1.54, 1.807) is 0 Å². The molecule has 1 saturated carbocycles. The number of aliphatic carboxylic acids is 1. The number of hydrogen-bond acceptors (Lipinski definition) is 3. The van der Waals surface area contributed by atoms with Crippen molar-refractivity contribution in [1.29, 1.82) is 0 Å². The van der Waals surface area contributed by atoms with Crippen LogP contribution in [0, 0.1) is 5.92 Å². The highest BCUT2D eigenvalue weighted by Crippen LogP contribution is 2.23. The summed E-state index contributed by atoms with van der Waals surface area (Å²) < 4.78 is 0. The Morgan fingerprint density at radius 3 is 2.44 bits per heavy atom. The average Bonchev–Trinajstić information content (AvgIpc) is 2.32. The van der Waals surface area contributed by atoms with Crippen LogP contribution in [0.4, 0.5) is 0 Å². The van der Waals surface area contributed by atoms with E-state index in [-0.39, 0.29) is 11.7 Å². The Kier molecular flexibility index (Phi) is 6.54. The quantitative estimate of drug-likeness (QED) is 0.779. The van der Waals surface area contributed by atoms with Gasteiger partial charge in [0.05, 0.1) is 5.75 Å². The predicted octanol–water partition coefficient (Wildman–Crippen LogP) is 2.28. The van der Waals surface area contributed by atoms with Gasteiger partial charge in [-0.05, 0) is 38.0 Å². The Morgan fingerprint density at radius 1 is 1.33 bits per heavy atom. The zero-order valence-corrected chi connectivity index (χ0v) is 12.0. The van der Waals surface area contributed by atoms with Gasteiger partial charge in [0.15, 0.2) is 0 Å². The molecule has 0 aromatic rings. The summed E-state index contributed by atoms with van der Waals surface area (Å²) in [5, 5.41) is 11.4. The molecular formula is C13H23NO3S. The number of carbonyl (C=O) groups is 2. The Bertz CT molecular complexity index is 288. The van der Waals surface area contributed by atoms with E-state index in [1.807, 2.05) is 6.92 Å². The summed E-state index contributed by atoms with van der Waals surface area (Å²) in [7, 11) is 0. The van der Waals surface area contributed by atoms with Crippen molar-refractivity contribution in [3.8, 4) is 0 Å². The summed E-state index contributed by atoms with van der Waals surface area (Å²) in [5.41, 5.74) is 0. The summed E-state index contributed by atoms with van der Waals surface area (Å²) in [6.45, 7) is 4.07. The zero-order valence-electron chi connectivity index (χ0n) is 11.1. The number of carboxylic acid groups (broad SMARTS) is 1. The average molecular weight is 273 g/mol. The monoisotopic (exact) mass is 273 g/mol. The third kappa shape index (κ3) is 5.29. The summed E-state index contributed by atoms with van der Waals surface area (Å²) in [4.78, 5) is 22.5. The van der Waals surface area contributed by atoms with Crippen LogP contribution in [0.25, 0.3) is 0 Å². The van der Waals surface area contributed by atoms with Crippen LogP contribution in [-0.2, 0) is 9.59 Å². The van der Waals surface area contributed by atoms with Gasteiger partial charge in [-0.15, -0.1) is 11.8 Å². The van der Waals surface area contributed by atoms with Crippen molar-refractivity contribution < 1.29 is 14.7 Å². The lowest BCUT2D eigenvalue weighted by molar-refractivity contribution is -0.136. The fourth-order valence-electron chi connectivity index (χ4n) is 2.21. The van der Waals surface area contributed by atoms with Crippen LogP contribution in [0.3, 0.4) is 0 Å². The van der Waals surface area contributed by atoms with Gasteiger partial charge in [-0.3, -0.25) is 9.59 Å². The van der Waals surface area contributed by atoms with Gasteiger partial charge in [0.25, 0.3) is 0 Å². The molecule has 1 unspecified atom stereocenters. The van der Waals surface area contributed by atoms with Crippen LogP contribution in [-0.4, -0.2) is 34.0 Å². The van der Waals surface area contributed by atoms with Crippen molar-refractivity contribution >= 4 is 23.6 Å². The first-order chi connectivity index (χ1) is 8.52. The summed E-state index contributed by atoms with van der Waals surface area (Å²) in [5.74, 6) is 0.154. The van der Waals surface area contributed by atoms with E-state index in [1.165, 1.54) is 24.6 Å². The van der Waals surface area contributed by atoms with Crippen molar-refractivity contribution in [2.45, 2.75) is 57.2 Å². The topological polar surface area (TPSA) is 66.4 Å². The minimum absolute atomic E-state index is 0.0285. The number of amides is 1. The Hall–Kier alpha value is -0.710. The first-order valence-electron chi connectivity index (χ1n) is 6.66. The number of rotatable bonds is 6. The van der Waals surface area contributed by atoms with Gasteiger partial charge < -0.3 is 10.4 Å². The Morgan fingerprint density at radius 2 is 1.94 bits per heavy atom. The Labute approximate surface area is 113 Å². The van der Waals surface area contributed by atoms with Gasteiger partial charge in [-0.1, -0.05) is 13.8 Å². The van der Waals surface area contributed by atoms with E-state index in [0.717, 1.165) is 18.8 Å². The first-order valence-corrected chi connectivity index (χ1v) is 7.71. The van der Waals surface area contributed by atoms with Gasteiger partial charge >= 0.3 is 5.97 Å². The van der Waals surface area contributed by atoms with E-state index in [9.17, 15) is 9.59 Å². The molecular weight excluding hydrogens is 250 g/mol. The van der Waals surface area contributed by atoms with Crippen molar-refractivity contribution in [2.75, 3.05) is 5.75 Å². The third-order valence-corrected chi connectivity index (χ3v) is 4.81. The molecule has 0 aliphatic heterocycles. The molecule has 1 rings (SSSR count). The summed E-state index contributed by atoms with van der Waals surface area (Å²) >= 11 is 1.22. The van der Waals surface area contributed by atoms with Gasteiger partial charge in [0.2, 0.25) is 5.91 Å². The number of thioether (sulfide) groups is 1. The van der Waals surface area contributed by atoms with Crippen molar-refractivity contribution in [3.63, 3.8) is 0 Å². The molecule has 0 saturated heterocycles. The van der Waals surface area contributed by atoms with Crippen LogP contribution in [0.2, 0.25) is 0 Å². The fourth-order valence-corrected chi connectivity index (χ4v) is 3.03. The molecule has 1 fully saturated rings. The standard InChI is InChI=1S/C13H23NO3S/c1-3-11(13(16)17)18-8-12(15)14-10-6-4-9(2)5-7-10/h9-11H,3-8H2,1-2H3,(H,14,15)(H,16,17). The van der Waals surface area contributed by atoms with Crippen molar-refractivity contribution in [1.82, 2.24) is 5.32 Å². The van der Waals surface area contributed by atoms with Crippen molar-refractivity contribution in [2.24, 2.45) is 5.92 Å². The largest absolute Gasteiger partial charge is 0.480 e. The number of carboxylic acids is 1. The molecule has 0 spiro atoms. The zero-order chi connectivity index (χ0) is 13.5. The number of hydrogen-bond donors (Lipinski definition) is 2. The lowest BCUT2D eigenvalue weighted by Crippen LogP contribution is -2.38. The van der Waals surface area contributed by atoms with Crippen LogP contribution in [0.5, 0.6) is 0 Å². The molecule has 0 aromatic heterocycles. The van der Waals surface area contributed by atoms with Gasteiger partial charge in [-0.25, -0.2) is 0 Å². The SMILES string of the molecule is CCC(SCC(=O)NC1CCC(C)CC1)C(=O)O. The normalized spacial score (nSPS) is 25.4. The second-order valence-electron chi connectivity index (χ2n) is 5.07. The summed E-state index contributed by atoms with van der Waals surface area (Å²) in [6, 6.07) is 0.291. The van der Waals surface area contributed by atoms with Crippen LogP contribution < -0.4 is 5.32 Å². The molecule has 5 heteroatoms. The maximum atomic E-state index is 11.7. The fraction of sp³-hybridized carbons (Fsp3) is 0.846. The number of nitrogens with one attached hydrogen (secondary N) is 1. The minimum atomic E-state index is -0.832. The third-order valence-electron chi connectivity index (χ3n) is 3.44. The second-order valence-corrected chi connectivity index (χ2v) is 6.26. The van der Waals surface area contributed by atoms with Gasteiger partial charge in [0.1, 0.15) is 5.25 Å². The summed E-state index contributed by atoms with van der Waals surface area (Å²) in [6.07, 6.45) is 4.99. The number of carbonyl (C=O) groups excluding carboxylic acids is 1. The molecule has 0 aromatic carbocycles. The van der Waals surface area contributed by atoms with Gasteiger partial charge in [0, 0.05) is 6.04 Å². The minimum Gasteiger partial charge on any atom is -0.480 e. The predicted molar refractivity (Wildman–Crippen MR) is 73.7 cm³/mol. The molecule has 1 aliphatic carbocycles. The lowest BCUT2D eigenvalue weighted by atomic mass is 9.87. The molecule has 1 amide bonds.